The molecule has 2 aromatic heterocycles. The second kappa shape index (κ2) is 8.13. The van der Waals surface area contributed by atoms with E-state index < -0.39 is 29.2 Å². The molecule has 0 aliphatic heterocycles. The van der Waals surface area contributed by atoms with Crippen LogP contribution in [-0.2, 0) is 12.7 Å². The Morgan fingerprint density at radius 1 is 1.10 bits per heavy atom. The number of amides is 1. The Morgan fingerprint density at radius 3 is 2.55 bits per heavy atom. The Bertz CT molecular complexity index is 1080. The van der Waals surface area contributed by atoms with Crippen molar-refractivity contribution in [3.8, 4) is 0 Å². The molecule has 0 aliphatic carbocycles. The highest BCUT2D eigenvalue weighted by atomic mass is 19.4. The van der Waals surface area contributed by atoms with Crippen LogP contribution in [0.4, 0.5) is 23.2 Å². The maximum absolute atomic E-state index is 13.2. The molecule has 150 valence electrons. The number of nitrogens with zero attached hydrogens (tertiary/aromatic N) is 2. The SMILES string of the molecule is O=C(NNc1cccc(F)c1)c1ccc(=O)n(Cc2ccc(C(F)(F)F)nc2)c1. The summed E-state index contributed by atoms with van der Waals surface area (Å²) in [6.45, 7) is -0.0670. The van der Waals surface area contributed by atoms with Gasteiger partial charge in [-0.15, -0.1) is 0 Å². The van der Waals surface area contributed by atoms with Gasteiger partial charge in [-0.05, 0) is 35.9 Å². The van der Waals surface area contributed by atoms with Crippen molar-refractivity contribution in [2.45, 2.75) is 12.7 Å². The normalized spacial score (nSPS) is 11.2. The summed E-state index contributed by atoms with van der Waals surface area (Å²) in [5, 5.41) is 0. The molecule has 3 aromatic rings. The lowest BCUT2D eigenvalue weighted by Crippen LogP contribution is -2.31. The predicted octanol–water partition coefficient (Wildman–Crippen LogP) is 3.21. The van der Waals surface area contributed by atoms with Crippen LogP contribution in [0.3, 0.4) is 0 Å². The monoisotopic (exact) mass is 406 g/mol. The highest BCUT2D eigenvalue weighted by Gasteiger charge is 2.32. The third kappa shape index (κ3) is 5.18. The Hall–Kier alpha value is -3.69. The Labute approximate surface area is 161 Å². The summed E-state index contributed by atoms with van der Waals surface area (Å²) < 4.78 is 52.1. The molecule has 29 heavy (non-hydrogen) atoms. The number of nitrogens with one attached hydrogen (secondary N) is 2. The number of carbonyl (C=O) groups excluding carboxylic acids is 1. The summed E-state index contributed by atoms with van der Waals surface area (Å²) in [4.78, 5) is 27.6. The maximum atomic E-state index is 13.2. The molecule has 0 atom stereocenters. The second-order valence-electron chi connectivity index (χ2n) is 6.02. The van der Waals surface area contributed by atoms with E-state index >= 15 is 0 Å². The molecule has 2 N–H and O–H groups in total. The molecule has 0 radical (unpaired) electrons. The second-order valence-corrected chi connectivity index (χ2v) is 6.02. The number of carbonyl (C=O) groups is 1. The minimum Gasteiger partial charge on any atom is -0.310 e. The lowest BCUT2D eigenvalue weighted by atomic mass is 10.2. The summed E-state index contributed by atoms with van der Waals surface area (Å²) in [7, 11) is 0. The first kappa shape index (κ1) is 20.1. The van der Waals surface area contributed by atoms with Crippen molar-refractivity contribution in [1.82, 2.24) is 15.0 Å². The molecule has 1 amide bonds. The molecule has 0 spiro atoms. The third-order valence-corrected chi connectivity index (χ3v) is 3.86. The Kier molecular flexibility index (Phi) is 5.62. The van der Waals surface area contributed by atoms with E-state index in [0.717, 1.165) is 18.3 Å². The van der Waals surface area contributed by atoms with Crippen LogP contribution < -0.4 is 16.4 Å². The van der Waals surface area contributed by atoms with Crippen LogP contribution in [0.25, 0.3) is 0 Å². The molecule has 10 heteroatoms. The molecule has 0 saturated heterocycles. The average Bonchev–Trinajstić information content (AvgIpc) is 2.67. The number of anilines is 1. The zero-order valence-electron chi connectivity index (χ0n) is 14.7. The zero-order chi connectivity index (χ0) is 21.0. The maximum Gasteiger partial charge on any atom is 0.433 e. The van der Waals surface area contributed by atoms with Gasteiger partial charge in [-0.2, -0.15) is 13.2 Å². The van der Waals surface area contributed by atoms with E-state index in [2.05, 4.69) is 15.8 Å². The summed E-state index contributed by atoms with van der Waals surface area (Å²) >= 11 is 0. The minimum atomic E-state index is -4.55. The molecule has 0 unspecified atom stereocenters. The van der Waals surface area contributed by atoms with Crippen molar-refractivity contribution in [3.05, 3.63) is 93.9 Å². The molecule has 0 fully saturated rings. The zero-order valence-corrected chi connectivity index (χ0v) is 14.7. The van der Waals surface area contributed by atoms with E-state index in [0.29, 0.717) is 11.3 Å². The lowest BCUT2D eigenvalue weighted by Gasteiger charge is -2.11. The van der Waals surface area contributed by atoms with Crippen LogP contribution in [0, 0.1) is 5.82 Å². The standard InChI is InChI=1S/C19H14F4N4O2/c20-14-2-1-3-15(8-14)25-26-18(29)13-5-7-17(28)27(11-13)10-12-4-6-16(24-9-12)19(21,22)23/h1-9,11,25H,10H2,(H,26,29). The van der Waals surface area contributed by atoms with Crippen LogP contribution in [0.15, 0.2) is 65.7 Å². The Balaban J connectivity index is 1.72. The van der Waals surface area contributed by atoms with Gasteiger partial charge in [0.1, 0.15) is 11.5 Å². The predicted molar refractivity (Wildman–Crippen MR) is 96.5 cm³/mol. The molecule has 3 rings (SSSR count). The van der Waals surface area contributed by atoms with Gasteiger partial charge in [0, 0.05) is 18.5 Å². The van der Waals surface area contributed by atoms with E-state index in [9.17, 15) is 27.2 Å². The number of hydrazine groups is 1. The van der Waals surface area contributed by atoms with Gasteiger partial charge in [0.15, 0.2) is 0 Å². The van der Waals surface area contributed by atoms with Gasteiger partial charge in [-0.3, -0.25) is 25.4 Å². The largest absolute Gasteiger partial charge is 0.433 e. The lowest BCUT2D eigenvalue weighted by molar-refractivity contribution is -0.141. The highest BCUT2D eigenvalue weighted by molar-refractivity contribution is 5.94. The molecule has 2 heterocycles. The quantitative estimate of drug-likeness (QED) is 0.504. The van der Waals surface area contributed by atoms with Gasteiger partial charge < -0.3 is 4.57 Å². The molecule has 0 bridgehead atoms. The van der Waals surface area contributed by atoms with Crippen molar-refractivity contribution in [1.29, 1.82) is 0 Å². The fourth-order valence-corrected chi connectivity index (χ4v) is 2.44. The van der Waals surface area contributed by atoms with Crippen molar-refractivity contribution in [2.75, 3.05) is 5.43 Å². The molecular weight excluding hydrogens is 392 g/mol. The topological polar surface area (TPSA) is 76.0 Å². The number of aromatic nitrogens is 2. The molecule has 6 nitrogen and oxygen atoms in total. The van der Waals surface area contributed by atoms with Gasteiger partial charge in [0.05, 0.1) is 17.8 Å². The van der Waals surface area contributed by atoms with Crippen LogP contribution in [0.5, 0.6) is 0 Å². The highest BCUT2D eigenvalue weighted by Crippen LogP contribution is 2.27. The number of halogens is 4. The van der Waals surface area contributed by atoms with Gasteiger partial charge in [0.25, 0.3) is 11.5 Å². The minimum absolute atomic E-state index is 0.0670. The third-order valence-electron chi connectivity index (χ3n) is 3.86. The molecule has 1 aromatic carbocycles. The first-order valence-electron chi connectivity index (χ1n) is 8.27. The van der Waals surface area contributed by atoms with Crippen molar-refractivity contribution < 1.29 is 22.4 Å². The van der Waals surface area contributed by atoms with E-state index in [1.807, 2.05) is 0 Å². The summed E-state index contributed by atoms with van der Waals surface area (Å²) in [6.07, 6.45) is -2.27. The van der Waals surface area contributed by atoms with E-state index in [1.54, 1.807) is 6.07 Å². The van der Waals surface area contributed by atoms with Crippen LogP contribution in [0.2, 0.25) is 0 Å². The smallest absolute Gasteiger partial charge is 0.310 e. The number of benzene rings is 1. The van der Waals surface area contributed by atoms with Crippen molar-refractivity contribution >= 4 is 11.6 Å². The number of pyridine rings is 2. The fourth-order valence-electron chi connectivity index (χ4n) is 2.44. The van der Waals surface area contributed by atoms with Gasteiger partial charge in [0.2, 0.25) is 0 Å². The number of alkyl halides is 3. The number of hydrogen-bond acceptors (Lipinski definition) is 4. The van der Waals surface area contributed by atoms with Crippen molar-refractivity contribution in [2.24, 2.45) is 0 Å². The molecular formula is C19H14F4N4O2. The van der Waals surface area contributed by atoms with Crippen LogP contribution in [0.1, 0.15) is 21.6 Å². The average molecular weight is 406 g/mol. The van der Waals surface area contributed by atoms with E-state index in [1.165, 1.54) is 41.1 Å². The van der Waals surface area contributed by atoms with E-state index in [-0.39, 0.29) is 12.1 Å². The molecule has 0 aliphatic rings. The van der Waals surface area contributed by atoms with Crippen LogP contribution in [-0.4, -0.2) is 15.5 Å². The summed E-state index contributed by atoms with van der Waals surface area (Å²) in [5.74, 6) is -1.07. The first-order valence-corrected chi connectivity index (χ1v) is 8.27. The first-order chi connectivity index (χ1) is 13.7. The number of hydrogen-bond donors (Lipinski definition) is 2. The Morgan fingerprint density at radius 2 is 1.90 bits per heavy atom. The van der Waals surface area contributed by atoms with E-state index in [4.69, 9.17) is 0 Å². The summed E-state index contributed by atoms with van der Waals surface area (Å²) in [5.41, 5.74) is 4.23. The number of rotatable bonds is 5. The van der Waals surface area contributed by atoms with Gasteiger partial charge >= 0.3 is 6.18 Å². The van der Waals surface area contributed by atoms with Gasteiger partial charge in [-0.25, -0.2) is 4.39 Å². The van der Waals surface area contributed by atoms with Crippen LogP contribution >= 0.6 is 0 Å². The van der Waals surface area contributed by atoms with Crippen molar-refractivity contribution in [3.63, 3.8) is 0 Å². The fraction of sp³-hybridized carbons (Fsp3) is 0.105. The molecule has 0 saturated carbocycles. The van der Waals surface area contributed by atoms with Gasteiger partial charge in [-0.1, -0.05) is 12.1 Å². The summed E-state index contributed by atoms with van der Waals surface area (Å²) in [6, 6.07) is 9.92.